The summed E-state index contributed by atoms with van der Waals surface area (Å²) in [5, 5.41) is 3.38. The molecule has 21 heavy (non-hydrogen) atoms. The van der Waals surface area contributed by atoms with Crippen molar-refractivity contribution in [1.82, 2.24) is 5.32 Å². The van der Waals surface area contributed by atoms with Crippen molar-refractivity contribution in [2.75, 3.05) is 20.2 Å². The predicted octanol–water partition coefficient (Wildman–Crippen LogP) is 2.20. The maximum Gasteiger partial charge on any atom is 0.164 e. The van der Waals surface area contributed by atoms with Crippen LogP contribution in [0.25, 0.3) is 0 Å². The summed E-state index contributed by atoms with van der Waals surface area (Å²) in [6.45, 7) is 4.08. The SMILES string of the molecule is COc1c(OC2CCCNC2)cccc1C1(C(C)N)CC1. The van der Waals surface area contributed by atoms with Crippen LogP contribution in [0.15, 0.2) is 18.2 Å². The topological polar surface area (TPSA) is 56.5 Å². The fourth-order valence-electron chi connectivity index (χ4n) is 3.42. The summed E-state index contributed by atoms with van der Waals surface area (Å²) in [6, 6.07) is 6.35. The molecule has 1 saturated carbocycles. The molecule has 1 aliphatic carbocycles. The van der Waals surface area contributed by atoms with Crippen LogP contribution in [0.1, 0.15) is 38.2 Å². The molecule has 2 aliphatic rings. The molecule has 1 aromatic carbocycles. The lowest BCUT2D eigenvalue weighted by Crippen LogP contribution is -2.37. The van der Waals surface area contributed by atoms with Crippen LogP contribution >= 0.6 is 0 Å². The van der Waals surface area contributed by atoms with Gasteiger partial charge in [-0.05, 0) is 45.2 Å². The molecule has 0 spiro atoms. The molecule has 1 heterocycles. The maximum atomic E-state index is 6.22. The average Bonchev–Trinajstić information content (AvgIpc) is 3.30. The molecule has 4 heteroatoms. The zero-order chi connectivity index (χ0) is 14.9. The van der Waals surface area contributed by atoms with Crippen molar-refractivity contribution in [2.24, 2.45) is 5.73 Å². The van der Waals surface area contributed by atoms with Crippen LogP contribution in [0.3, 0.4) is 0 Å². The normalized spacial score (nSPS) is 25.2. The number of hydrogen-bond acceptors (Lipinski definition) is 4. The molecule has 116 valence electrons. The van der Waals surface area contributed by atoms with E-state index >= 15 is 0 Å². The average molecular weight is 290 g/mol. The number of para-hydroxylation sites is 1. The summed E-state index contributed by atoms with van der Waals surface area (Å²) in [7, 11) is 1.72. The van der Waals surface area contributed by atoms with Gasteiger partial charge in [-0.2, -0.15) is 0 Å². The lowest BCUT2D eigenvalue weighted by atomic mass is 9.88. The molecule has 2 fully saturated rings. The fraction of sp³-hybridized carbons (Fsp3) is 0.647. The molecular weight excluding hydrogens is 264 g/mol. The Morgan fingerprint density at radius 2 is 2.19 bits per heavy atom. The highest BCUT2D eigenvalue weighted by molar-refractivity contribution is 5.53. The summed E-state index contributed by atoms with van der Waals surface area (Å²) in [4.78, 5) is 0. The highest BCUT2D eigenvalue weighted by Gasteiger charge is 2.49. The van der Waals surface area contributed by atoms with Gasteiger partial charge in [0.05, 0.1) is 7.11 Å². The van der Waals surface area contributed by atoms with Crippen molar-refractivity contribution in [3.63, 3.8) is 0 Å². The molecule has 3 rings (SSSR count). The van der Waals surface area contributed by atoms with E-state index in [9.17, 15) is 0 Å². The Hall–Kier alpha value is -1.26. The number of nitrogens with one attached hydrogen (secondary N) is 1. The molecule has 0 radical (unpaired) electrons. The third kappa shape index (κ3) is 2.74. The Labute approximate surface area is 127 Å². The maximum absolute atomic E-state index is 6.22. The molecule has 0 aromatic heterocycles. The summed E-state index contributed by atoms with van der Waals surface area (Å²) in [5.41, 5.74) is 7.50. The van der Waals surface area contributed by atoms with E-state index in [1.165, 1.54) is 5.56 Å². The van der Waals surface area contributed by atoms with Gasteiger partial charge in [-0.1, -0.05) is 12.1 Å². The second kappa shape index (κ2) is 5.85. The first-order chi connectivity index (χ1) is 10.2. The third-order valence-corrected chi connectivity index (χ3v) is 4.93. The van der Waals surface area contributed by atoms with Gasteiger partial charge in [0.1, 0.15) is 6.10 Å². The van der Waals surface area contributed by atoms with Crippen molar-refractivity contribution < 1.29 is 9.47 Å². The highest BCUT2D eigenvalue weighted by atomic mass is 16.5. The largest absolute Gasteiger partial charge is 0.493 e. The Balaban J connectivity index is 1.87. The molecular formula is C17H26N2O2. The molecule has 1 aromatic rings. The molecule has 0 amide bonds. The minimum atomic E-state index is 0.0789. The first kappa shape index (κ1) is 14.7. The van der Waals surface area contributed by atoms with Crippen LogP contribution in [0.5, 0.6) is 11.5 Å². The molecule has 1 aliphatic heterocycles. The summed E-state index contributed by atoms with van der Waals surface area (Å²) < 4.78 is 11.9. The van der Waals surface area contributed by atoms with E-state index in [1.54, 1.807) is 7.11 Å². The monoisotopic (exact) mass is 290 g/mol. The summed E-state index contributed by atoms with van der Waals surface area (Å²) in [6.07, 6.45) is 4.76. The van der Waals surface area contributed by atoms with Crippen LogP contribution in [0.2, 0.25) is 0 Å². The Bertz CT molecular complexity index is 492. The van der Waals surface area contributed by atoms with Gasteiger partial charge in [-0.15, -0.1) is 0 Å². The summed E-state index contributed by atoms with van der Waals surface area (Å²) >= 11 is 0. The van der Waals surface area contributed by atoms with Crippen LogP contribution in [0, 0.1) is 0 Å². The first-order valence-electron chi connectivity index (χ1n) is 7.98. The van der Waals surface area contributed by atoms with Crippen LogP contribution in [-0.4, -0.2) is 32.3 Å². The zero-order valence-electron chi connectivity index (χ0n) is 13.0. The predicted molar refractivity (Wildman–Crippen MR) is 84.1 cm³/mol. The van der Waals surface area contributed by atoms with Gasteiger partial charge in [0.2, 0.25) is 0 Å². The Morgan fingerprint density at radius 3 is 2.76 bits per heavy atom. The van der Waals surface area contributed by atoms with E-state index in [4.69, 9.17) is 15.2 Å². The second-order valence-electron chi connectivity index (χ2n) is 6.37. The van der Waals surface area contributed by atoms with Crippen molar-refractivity contribution >= 4 is 0 Å². The van der Waals surface area contributed by atoms with E-state index in [0.717, 1.165) is 50.3 Å². The first-order valence-corrected chi connectivity index (χ1v) is 7.98. The van der Waals surface area contributed by atoms with E-state index < -0.39 is 0 Å². The smallest absolute Gasteiger partial charge is 0.164 e. The van der Waals surface area contributed by atoms with Crippen molar-refractivity contribution in [3.05, 3.63) is 23.8 Å². The quantitative estimate of drug-likeness (QED) is 0.873. The Kier molecular flexibility index (Phi) is 4.09. The molecule has 4 nitrogen and oxygen atoms in total. The number of benzene rings is 1. The van der Waals surface area contributed by atoms with Gasteiger partial charge in [-0.3, -0.25) is 0 Å². The van der Waals surface area contributed by atoms with Gasteiger partial charge < -0.3 is 20.5 Å². The highest BCUT2D eigenvalue weighted by Crippen LogP contribution is 2.54. The standard InChI is InChI=1S/C17H26N2O2/c1-12(18)17(8-9-17)14-6-3-7-15(16(14)20-2)21-13-5-4-10-19-11-13/h3,6-7,12-13,19H,4-5,8-11,18H2,1-2H3. The number of ether oxygens (including phenoxy) is 2. The number of nitrogens with two attached hydrogens (primary N) is 1. The van der Waals surface area contributed by atoms with E-state index in [-0.39, 0.29) is 17.6 Å². The van der Waals surface area contributed by atoms with Gasteiger partial charge in [0.25, 0.3) is 0 Å². The molecule has 2 atom stereocenters. The van der Waals surface area contributed by atoms with E-state index in [2.05, 4.69) is 24.4 Å². The van der Waals surface area contributed by atoms with Crippen molar-refractivity contribution in [3.8, 4) is 11.5 Å². The third-order valence-electron chi connectivity index (χ3n) is 4.93. The number of rotatable bonds is 5. The number of methoxy groups -OCH3 is 1. The molecule has 0 bridgehead atoms. The molecule has 2 unspecified atom stereocenters. The van der Waals surface area contributed by atoms with Crippen molar-refractivity contribution in [2.45, 2.75) is 50.2 Å². The zero-order valence-corrected chi connectivity index (χ0v) is 13.0. The van der Waals surface area contributed by atoms with E-state index in [0.29, 0.717) is 0 Å². The van der Waals surface area contributed by atoms with Crippen LogP contribution < -0.4 is 20.5 Å². The van der Waals surface area contributed by atoms with Gasteiger partial charge in [0, 0.05) is 23.6 Å². The lowest BCUT2D eigenvalue weighted by molar-refractivity contribution is 0.160. The van der Waals surface area contributed by atoms with E-state index in [1.807, 2.05) is 6.07 Å². The second-order valence-corrected chi connectivity index (χ2v) is 6.37. The molecule has 1 saturated heterocycles. The lowest BCUT2D eigenvalue weighted by Gasteiger charge is -2.27. The Morgan fingerprint density at radius 1 is 1.38 bits per heavy atom. The van der Waals surface area contributed by atoms with Crippen LogP contribution in [0.4, 0.5) is 0 Å². The fourth-order valence-corrected chi connectivity index (χ4v) is 3.42. The summed E-state index contributed by atoms with van der Waals surface area (Å²) in [5.74, 6) is 1.73. The van der Waals surface area contributed by atoms with Gasteiger partial charge >= 0.3 is 0 Å². The van der Waals surface area contributed by atoms with Gasteiger partial charge in [-0.25, -0.2) is 0 Å². The minimum Gasteiger partial charge on any atom is -0.493 e. The molecule has 3 N–H and O–H groups in total. The van der Waals surface area contributed by atoms with Crippen molar-refractivity contribution in [1.29, 1.82) is 0 Å². The number of piperidine rings is 1. The van der Waals surface area contributed by atoms with Crippen LogP contribution in [-0.2, 0) is 5.41 Å². The number of hydrogen-bond donors (Lipinski definition) is 2. The minimum absolute atomic E-state index is 0.0789. The van der Waals surface area contributed by atoms with Gasteiger partial charge in [0.15, 0.2) is 11.5 Å².